The second-order valence-corrected chi connectivity index (χ2v) is 6.88. The van der Waals surface area contributed by atoms with Crippen LogP contribution in [0, 0.1) is 5.82 Å². The lowest BCUT2D eigenvalue weighted by atomic mass is 10.1. The number of nitrogens with one attached hydrogen (secondary N) is 3. The fraction of sp³-hybridized carbons (Fsp3) is 0.533. The number of halogens is 2. The maximum Gasteiger partial charge on any atom is 0.208 e. The summed E-state index contributed by atoms with van der Waals surface area (Å²) in [6, 6.07) is 6.69. The molecular formula is C15H26FIN4O2S. The fourth-order valence-corrected chi connectivity index (χ4v) is 2.40. The van der Waals surface area contributed by atoms with Crippen molar-refractivity contribution in [3.63, 3.8) is 0 Å². The first-order valence-electron chi connectivity index (χ1n) is 7.62. The lowest BCUT2D eigenvalue weighted by molar-refractivity contribution is 0.585. The Morgan fingerprint density at radius 1 is 1.21 bits per heavy atom. The minimum atomic E-state index is -3.15. The molecule has 1 aromatic carbocycles. The summed E-state index contributed by atoms with van der Waals surface area (Å²) >= 11 is 0. The average Bonchev–Trinajstić information content (AvgIpc) is 2.47. The van der Waals surface area contributed by atoms with Gasteiger partial charge in [-0.1, -0.05) is 18.2 Å². The van der Waals surface area contributed by atoms with Crippen molar-refractivity contribution in [1.29, 1.82) is 0 Å². The standard InChI is InChI=1S/C15H25FN4O2S.HI/c1-3-17-15(18-10-6-11-20-23(2,21)22)19-12-9-13-7-4-5-8-14(13)16;/h4-5,7-8,20H,3,6,9-12H2,1-2H3,(H2,17,18,19);1H. The molecule has 0 aliphatic heterocycles. The normalized spacial score (nSPS) is 11.7. The number of aliphatic imine (C=N–C) groups is 1. The zero-order chi connectivity index (χ0) is 17.1. The van der Waals surface area contributed by atoms with Gasteiger partial charge in [0.1, 0.15) is 5.82 Å². The van der Waals surface area contributed by atoms with Crippen LogP contribution in [0.2, 0.25) is 0 Å². The summed E-state index contributed by atoms with van der Waals surface area (Å²) in [7, 11) is -3.15. The molecule has 0 heterocycles. The highest BCUT2D eigenvalue weighted by atomic mass is 127. The van der Waals surface area contributed by atoms with Crippen LogP contribution < -0.4 is 15.4 Å². The quantitative estimate of drug-likeness (QED) is 0.220. The van der Waals surface area contributed by atoms with E-state index in [0.717, 1.165) is 6.26 Å². The van der Waals surface area contributed by atoms with E-state index < -0.39 is 10.0 Å². The third-order valence-corrected chi connectivity index (χ3v) is 3.69. The van der Waals surface area contributed by atoms with E-state index in [2.05, 4.69) is 20.3 Å². The van der Waals surface area contributed by atoms with Crippen LogP contribution in [0.1, 0.15) is 18.9 Å². The number of hydrogen-bond acceptors (Lipinski definition) is 3. The first-order valence-corrected chi connectivity index (χ1v) is 9.51. The predicted molar refractivity (Wildman–Crippen MR) is 107 cm³/mol. The van der Waals surface area contributed by atoms with Crippen LogP contribution in [0.4, 0.5) is 4.39 Å². The van der Waals surface area contributed by atoms with E-state index in [1.54, 1.807) is 12.1 Å². The molecule has 0 amide bonds. The predicted octanol–water partition coefficient (Wildman–Crippen LogP) is 1.48. The van der Waals surface area contributed by atoms with Crippen molar-refractivity contribution in [1.82, 2.24) is 15.4 Å². The molecule has 3 N–H and O–H groups in total. The molecule has 0 radical (unpaired) electrons. The van der Waals surface area contributed by atoms with E-state index in [1.807, 2.05) is 13.0 Å². The van der Waals surface area contributed by atoms with Gasteiger partial charge in [0.05, 0.1) is 6.26 Å². The number of hydrogen-bond donors (Lipinski definition) is 3. The number of benzene rings is 1. The van der Waals surface area contributed by atoms with Crippen LogP contribution in [0.3, 0.4) is 0 Å². The van der Waals surface area contributed by atoms with Crippen LogP contribution in [0.25, 0.3) is 0 Å². The highest BCUT2D eigenvalue weighted by molar-refractivity contribution is 14.0. The third-order valence-electron chi connectivity index (χ3n) is 2.96. The molecular weight excluding hydrogens is 446 g/mol. The minimum Gasteiger partial charge on any atom is -0.357 e. The summed E-state index contributed by atoms with van der Waals surface area (Å²) in [5, 5.41) is 6.23. The Balaban J connectivity index is 0.00000529. The monoisotopic (exact) mass is 472 g/mol. The second-order valence-electron chi connectivity index (χ2n) is 5.05. The number of guanidine groups is 1. The van der Waals surface area contributed by atoms with E-state index >= 15 is 0 Å². The molecule has 0 unspecified atom stereocenters. The van der Waals surface area contributed by atoms with Crippen LogP contribution >= 0.6 is 24.0 Å². The number of nitrogens with zero attached hydrogens (tertiary/aromatic N) is 1. The SMILES string of the molecule is CCNC(=NCCCNS(C)(=O)=O)NCCc1ccccc1F.I. The summed E-state index contributed by atoms with van der Waals surface area (Å²) in [6.07, 6.45) is 2.30. The highest BCUT2D eigenvalue weighted by Gasteiger charge is 2.02. The lowest BCUT2D eigenvalue weighted by Gasteiger charge is -2.11. The smallest absolute Gasteiger partial charge is 0.208 e. The van der Waals surface area contributed by atoms with Crippen molar-refractivity contribution < 1.29 is 12.8 Å². The largest absolute Gasteiger partial charge is 0.357 e. The van der Waals surface area contributed by atoms with Crippen molar-refractivity contribution in [3.05, 3.63) is 35.6 Å². The first kappa shape index (κ1) is 23.1. The molecule has 138 valence electrons. The second kappa shape index (κ2) is 12.4. The highest BCUT2D eigenvalue weighted by Crippen LogP contribution is 2.05. The van der Waals surface area contributed by atoms with Gasteiger partial charge in [0.2, 0.25) is 10.0 Å². The zero-order valence-corrected chi connectivity index (χ0v) is 17.2. The maximum absolute atomic E-state index is 13.5. The maximum atomic E-state index is 13.5. The van der Waals surface area contributed by atoms with Crippen LogP contribution in [0.5, 0.6) is 0 Å². The Morgan fingerprint density at radius 3 is 2.54 bits per heavy atom. The minimum absolute atomic E-state index is 0. The molecule has 6 nitrogen and oxygen atoms in total. The summed E-state index contributed by atoms with van der Waals surface area (Å²) in [6.45, 7) is 4.09. The van der Waals surface area contributed by atoms with Crippen LogP contribution in [-0.4, -0.2) is 46.8 Å². The molecule has 1 rings (SSSR count). The average molecular weight is 472 g/mol. The van der Waals surface area contributed by atoms with Crippen molar-refractivity contribution in [3.8, 4) is 0 Å². The van der Waals surface area contributed by atoms with E-state index in [4.69, 9.17) is 0 Å². The molecule has 0 aliphatic carbocycles. The van der Waals surface area contributed by atoms with Crippen molar-refractivity contribution in [2.45, 2.75) is 19.8 Å². The Hall–Kier alpha value is -0.940. The molecule has 0 spiro atoms. The molecule has 0 aliphatic rings. The Bertz CT molecular complexity index is 611. The molecule has 9 heteroatoms. The number of rotatable bonds is 9. The Kier molecular flexibility index (Phi) is 11.9. The van der Waals surface area contributed by atoms with E-state index in [0.29, 0.717) is 50.5 Å². The van der Waals surface area contributed by atoms with Crippen molar-refractivity contribution >= 4 is 40.0 Å². The van der Waals surface area contributed by atoms with Gasteiger partial charge in [0.15, 0.2) is 5.96 Å². The summed E-state index contributed by atoms with van der Waals surface area (Å²) < 4.78 is 37.8. The van der Waals surface area contributed by atoms with E-state index in [-0.39, 0.29) is 29.8 Å². The third kappa shape index (κ3) is 10.8. The molecule has 0 aromatic heterocycles. The van der Waals surface area contributed by atoms with Crippen LogP contribution in [0.15, 0.2) is 29.3 Å². The van der Waals surface area contributed by atoms with E-state index in [9.17, 15) is 12.8 Å². The molecule has 0 fully saturated rings. The Labute approximate surface area is 160 Å². The van der Waals surface area contributed by atoms with Gasteiger partial charge in [0, 0.05) is 26.2 Å². The molecule has 24 heavy (non-hydrogen) atoms. The lowest BCUT2D eigenvalue weighted by Crippen LogP contribution is -2.38. The van der Waals surface area contributed by atoms with E-state index in [1.165, 1.54) is 6.07 Å². The fourth-order valence-electron chi connectivity index (χ4n) is 1.89. The topological polar surface area (TPSA) is 82.6 Å². The summed E-state index contributed by atoms with van der Waals surface area (Å²) in [5.41, 5.74) is 0.660. The molecule has 0 bridgehead atoms. The van der Waals surface area contributed by atoms with Crippen molar-refractivity contribution in [2.75, 3.05) is 32.4 Å². The van der Waals surface area contributed by atoms with Gasteiger partial charge in [-0.2, -0.15) is 0 Å². The zero-order valence-electron chi connectivity index (χ0n) is 14.0. The van der Waals surface area contributed by atoms with Gasteiger partial charge in [0.25, 0.3) is 0 Å². The number of sulfonamides is 1. The molecule has 1 aromatic rings. The van der Waals surface area contributed by atoms with Crippen LogP contribution in [-0.2, 0) is 16.4 Å². The van der Waals surface area contributed by atoms with Gasteiger partial charge >= 0.3 is 0 Å². The Morgan fingerprint density at radius 2 is 1.92 bits per heavy atom. The van der Waals surface area contributed by atoms with Gasteiger partial charge in [-0.05, 0) is 31.4 Å². The van der Waals surface area contributed by atoms with Crippen molar-refractivity contribution in [2.24, 2.45) is 4.99 Å². The molecule has 0 atom stereocenters. The van der Waals surface area contributed by atoms with Gasteiger partial charge in [-0.15, -0.1) is 24.0 Å². The summed E-state index contributed by atoms with van der Waals surface area (Å²) in [4.78, 5) is 4.35. The first-order chi connectivity index (χ1) is 10.9. The summed E-state index contributed by atoms with van der Waals surface area (Å²) in [5.74, 6) is 0.436. The molecule has 0 saturated heterocycles. The van der Waals surface area contributed by atoms with Gasteiger partial charge in [-0.25, -0.2) is 17.5 Å². The molecule has 0 saturated carbocycles. The van der Waals surface area contributed by atoms with Gasteiger partial charge in [-0.3, -0.25) is 4.99 Å². The van der Waals surface area contributed by atoms with Gasteiger partial charge < -0.3 is 10.6 Å².